The van der Waals surface area contributed by atoms with Crippen molar-refractivity contribution in [3.8, 4) is 0 Å². The molecule has 5 heteroatoms. The zero-order valence-electron chi connectivity index (χ0n) is 6.94. The van der Waals surface area contributed by atoms with Crippen molar-refractivity contribution in [1.29, 1.82) is 0 Å². The van der Waals surface area contributed by atoms with Gasteiger partial charge in [0.25, 0.3) is 0 Å². The molecule has 1 aromatic carbocycles. The molecule has 1 atom stereocenters. The number of halogens is 4. The Morgan fingerprint density at radius 3 is 2.50 bits per heavy atom. The Morgan fingerprint density at radius 2 is 2.00 bits per heavy atom. The van der Waals surface area contributed by atoms with Gasteiger partial charge in [0.05, 0.1) is 15.9 Å². The van der Waals surface area contributed by atoms with Gasteiger partial charge in [-0.15, -0.1) is 11.6 Å². The molecule has 76 valence electrons. The standard InChI is InChI=1S/C9H6Cl3FO/c10-4-8(14)9(13)5-1-2-6(11)7(12)3-5/h1-3,9H,4H2. The zero-order chi connectivity index (χ0) is 10.7. The van der Waals surface area contributed by atoms with Crippen LogP contribution in [0.3, 0.4) is 0 Å². The Labute approximate surface area is 95.8 Å². The lowest BCUT2D eigenvalue weighted by atomic mass is 10.1. The molecule has 1 rings (SSSR count). The predicted molar refractivity (Wildman–Crippen MR) is 56.0 cm³/mol. The molecule has 14 heavy (non-hydrogen) atoms. The Morgan fingerprint density at radius 1 is 1.36 bits per heavy atom. The van der Waals surface area contributed by atoms with Crippen molar-refractivity contribution < 1.29 is 9.18 Å². The molecule has 1 aromatic rings. The highest BCUT2D eigenvalue weighted by atomic mass is 35.5. The SMILES string of the molecule is O=C(CCl)C(F)c1ccc(Cl)c(Cl)c1. The second kappa shape index (κ2) is 4.96. The number of hydrogen-bond acceptors (Lipinski definition) is 1. The molecular formula is C9H6Cl3FO. The molecule has 0 aliphatic heterocycles. The van der Waals surface area contributed by atoms with E-state index in [1.165, 1.54) is 18.2 Å². The van der Waals surface area contributed by atoms with Crippen LogP contribution in [-0.4, -0.2) is 11.7 Å². The van der Waals surface area contributed by atoms with E-state index in [2.05, 4.69) is 0 Å². The Kier molecular flexibility index (Phi) is 4.17. The predicted octanol–water partition coefficient (Wildman–Crippen LogP) is 3.81. The van der Waals surface area contributed by atoms with Gasteiger partial charge in [0.2, 0.25) is 0 Å². The van der Waals surface area contributed by atoms with Crippen LogP contribution in [0.1, 0.15) is 11.7 Å². The van der Waals surface area contributed by atoms with Crippen LogP contribution in [0.2, 0.25) is 10.0 Å². The first kappa shape index (κ1) is 11.8. The monoisotopic (exact) mass is 254 g/mol. The highest BCUT2D eigenvalue weighted by molar-refractivity contribution is 6.42. The van der Waals surface area contributed by atoms with E-state index in [-0.39, 0.29) is 16.5 Å². The maximum Gasteiger partial charge on any atom is 0.186 e. The van der Waals surface area contributed by atoms with E-state index < -0.39 is 12.0 Å². The number of alkyl halides is 2. The first-order valence-corrected chi connectivity index (χ1v) is 5.03. The number of carbonyl (C=O) groups excluding carboxylic acids is 1. The van der Waals surface area contributed by atoms with Gasteiger partial charge in [0.15, 0.2) is 12.0 Å². The number of carbonyl (C=O) groups is 1. The van der Waals surface area contributed by atoms with Gasteiger partial charge in [-0.1, -0.05) is 29.3 Å². The third kappa shape index (κ3) is 2.59. The maximum absolute atomic E-state index is 13.3. The third-order valence-electron chi connectivity index (χ3n) is 1.65. The topological polar surface area (TPSA) is 17.1 Å². The van der Waals surface area contributed by atoms with Crippen LogP contribution in [0.5, 0.6) is 0 Å². The highest BCUT2D eigenvalue weighted by Crippen LogP contribution is 2.27. The van der Waals surface area contributed by atoms with E-state index in [0.717, 1.165) is 0 Å². The molecule has 0 amide bonds. The minimum absolute atomic E-state index is 0.171. The van der Waals surface area contributed by atoms with Crippen molar-refractivity contribution >= 4 is 40.6 Å². The molecule has 1 nitrogen and oxygen atoms in total. The van der Waals surface area contributed by atoms with E-state index in [1.54, 1.807) is 0 Å². The summed E-state index contributed by atoms with van der Waals surface area (Å²) < 4.78 is 13.3. The van der Waals surface area contributed by atoms with Crippen molar-refractivity contribution in [3.05, 3.63) is 33.8 Å². The van der Waals surface area contributed by atoms with Gasteiger partial charge in [0, 0.05) is 0 Å². The summed E-state index contributed by atoms with van der Waals surface area (Å²) >= 11 is 16.5. The first-order chi connectivity index (χ1) is 6.56. The number of Topliss-reactive ketones (excluding diaryl/α,β-unsaturated/α-hetero) is 1. The van der Waals surface area contributed by atoms with Gasteiger partial charge in [0.1, 0.15) is 0 Å². The molecule has 0 aliphatic carbocycles. The van der Waals surface area contributed by atoms with Crippen LogP contribution in [0.25, 0.3) is 0 Å². The Bertz CT molecular complexity index is 354. The number of benzene rings is 1. The fourth-order valence-electron chi connectivity index (χ4n) is 0.924. The maximum atomic E-state index is 13.3. The number of rotatable bonds is 3. The minimum Gasteiger partial charge on any atom is -0.295 e. The van der Waals surface area contributed by atoms with Crippen molar-refractivity contribution in [1.82, 2.24) is 0 Å². The molecule has 0 saturated heterocycles. The van der Waals surface area contributed by atoms with Crippen LogP contribution in [0.15, 0.2) is 18.2 Å². The van der Waals surface area contributed by atoms with Crippen LogP contribution in [0.4, 0.5) is 4.39 Å². The van der Waals surface area contributed by atoms with E-state index in [4.69, 9.17) is 34.8 Å². The van der Waals surface area contributed by atoms with Gasteiger partial charge in [-0.3, -0.25) is 4.79 Å². The van der Waals surface area contributed by atoms with E-state index in [9.17, 15) is 9.18 Å². The fourth-order valence-corrected chi connectivity index (χ4v) is 1.37. The molecule has 0 fully saturated rings. The van der Waals surface area contributed by atoms with Crippen molar-refractivity contribution in [2.24, 2.45) is 0 Å². The second-order valence-electron chi connectivity index (χ2n) is 2.64. The third-order valence-corrected chi connectivity index (χ3v) is 2.65. The summed E-state index contributed by atoms with van der Waals surface area (Å²) in [5.74, 6) is -1.05. The quantitative estimate of drug-likeness (QED) is 0.751. The first-order valence-electron chi connectivity index (χ1n) is 3.74. The van der Waals surface area contributed by atoms with Gasteiger partial charge >= 0.3 is 0 Å². The minimum atomic E-state index is -1.73. The van der Waals surface area contributed by atoms with Crippen molar-refractivity contribution in [3.63, 3.8) is 0 Å². The molecule has 1 unspecified atom stereocenters. The Balaban J connectivity index is 2.96. The van der Waals surface area contributed by atoms with Crippen LogP contribution in [0, 0.1) is 0 Å². The van der Waals surface area contributed by atoms with E-state index in [1.807, 2.05) is 0 Å². The smallest absolute Gasteiger partial charge is 0.186 e. The van der Waals surface area contributed by atoms with Crippen molar-refractivity contribution in [2.45, 2.75) is 6.17 Å². The molecule has 0 saturated carbocycles. The normalized spacial score (nSPS) is 12.6. The van der Waals surface area contributed by atoms with E-state index >= 15 is 0 Å². The highest BCUT2D eigenvalue weighted by Gasteiger charge is 2.18. The summed E-state index contributed by atoms with van der Waals surface area (Å²) in [7, 11) is 0. The summed E-state index contributed by atoms with van der Waals surface area (Å²) in [6.45, 7) is 0. The van der Waals surface area contributed by atoms with Gasteiger partial charge in [-0.25, -0.2) is 4.39 Å². The van der Waals surface area contributed by atoms with Crippen LogP contribution >= 0.6 is 34.8 Å². The van der Waals surface area contributed by atoms with Crippen LogP contribution < -0.4 is 0 Å². The summed E-state index contributed by atoms with van der Waals surface area (Å²) in [4.78, 5) is 10.9. The lowest BCUT2D eigenvalue weighted by Gasteiger charge is -2.06. The van der Waals surface area contributed by atoms with Crippen molar-refractivity contribution in [2.75, 3.05) is 5.88 Å². The van der Waals surface area contributed by atoms with Crippen LogP contribution in [-0.2, 0) is 4.79 Å². The summed E-state index contributed by atoms with van der Waals surface area (Å²) in [5, 5.41) is 0.537. The molecule has 0 radical (unpaired) electrons. The second-order valence-corrected chi connectivity index (χ2v) is 3.72. The van der Waals surface area contributed by atoms with Gasteiger partial charge < -0.3 is 0 Å². The Hall–Kier alpha value is -0.310. The van der Waals surface area contributed by atoms with E-state index in [0.29, 0.717) is 5.02 Å². The lowest BCUT2D eigenvalue weighted by Crippen LogP contribution is -2.08. The molecule has 0 heterocycles. The lowest BCUT2D eigenvalue weighted by molar-refractivity contribution is -0.121. The summed E-state index contributed by atoms with van der Waals surface area (Å²) in [6.07, 6.45) is -1.73. The molecule has 0 bridgehead atoms. The molecule has 0 aliphatic rings. The van der Waals surface area contributed by atoms with Gasteiger partial charge in [-0.05, 0) is 17.7 Å². The summed E-state index contributed by atoms with van der Waals surface area (Å²) in [6, 6.07) is 4.16. The van der Waals surface area contributed by atoms with Gasteiger partial charge in [-0.2, -0.15) is 0 Å². The number of hydrogen-bond donors (Lipinski definition) is 0. The zero-order valence-corrected chi connectivity index (χ0v) is 9.20. The molecular weight excluding hydrogens is 249 g/mol. The largest absolute Gasteiger partial charge is 0.295 e. The molecule has 0 N–H and O–H groups in total. The number of ketones is 1. The fraction of sp³-hybridized carbons (Fsp3) is 0.222. The molecule has 0 aromatic heterocycles. The molecule has 0 spiro atoms. The summed E-state index contributed by atoms with van der Waals surface area (Å²) in [5.41, 5.74) is 0.171. The average molecular weight is 256 g/mol. The average Bonchev–Trinajstić information content (AvgIpc) is 2.20.